The van der Waals surface area contributed by atoms with Gasteiger partial charge < -0.3 is 20.2 Å². The van der Waals surface area contributed by atoms with Crippen molar-refractivity contribution >= 4 is 29.6 Å². The van der Waals surface area contributed by atoms with Crippen molar-refractivity contribution in [3.8, 4) is 5.75 Å². The first-order chi connectivity index (χ1) is 14.6. The number of aldehydes is 1. The zero-order chi connectivity index (χ0) is 23.6. The van der Waals surface area contributed by atoms with E-state index in [9.17, 15) is 18.4 Å². The van der Waals surface area contributed by atoms with Crippen LogP contribution in [0.5, 0.6) is 5.75 Å². The minimum Gasteiger partial charge on any atom is -0.486 e. The molecule has 1 unspecified atom stereocenters. The number of aryl methyl sites for hydroxylation is 1. The third-order valence-electron chi connectivity index (χ3n) is 4.00. The number of carbonyl (C=O) groups excluding carboxylic acids is 2. The number of amides is 1. The molecule has 1 aromatic heterocycles. The van der Waals surface area contributed by atoms with E-state index >= 15 is 0 Å². The molecule has 0 saturated heterocycles. The molecule has 2 N–H and O–H groups in total. The molecule has 9 heteroatoms. The van der Waals surface area contributed by atoms with Crippen LogP contribution in [0.25, 0.3) is 0 Å². The first kappa shape index (κ1) is 26.3. The molecular weight excluding hydrogens is 428 g/mol. The summed E-state index contributed by atoms with van der Waals surface area (Å²) in [6, 6.07) is 6.27. The molecular formula is C22H28ClF2N3O3. The molecule has 2 rings (SSSR count). The largest absolute Gasteiger partial charge is 0.486 e. The molecule has 0 saturated carbocycles. The molecule has 0 fully saturated rings. The Hall–Kier alpha value is -2.74. The van der Waals surface area contributed by atoms with Gasteiger partial charge in [-0.2, -0.15) is 0 Å². The van der Waals surface area contributed by atoms with Crippen molar-refractivity contribution in [2.75, 3.05) is 19.0 Å². The number of benzene rings is 1. The van der Waals surface area contributed by atoms with Crippen molar-refractivity contribution in [2.24, 2.45) is 5.92 Å². The lowest BCUT2D eigenvalue weighted by Crippen LogP contribution is -2.26. The van der Waals surface area contributed by atoms with E-state index < -0.39 is 13.0 Å². The quantitative estimate of drug-likeness (QED) is 0.544. The summed E-state index contributed by atoms with van der Waals surface area (Å²) in [5.41, 5.74) is 1.83. The van der Waals surface area contributed by atoms with Crippen LogP contribution in [0.2, 0.25) is 5.02 Å². The van der Waals surface area contributed by atoms with Gasteiger partial charge in [0.05, 0.1) is 11.1 Å². The van der Waals surface area contributed by atoms with Gasteiger partial charge in [-0.25, -0.2) is 13.8 Å². The van der Waals surface area contributed by atoms with Gasteiger partial charge in [0, 0.05) is 24.7 Å². The molecule has 2 aromatic rings. The number of anilines is 1. The standard InChI is InChI=1S/C18H20ClF2N3O2.C4H8O/c1-10-6-13(7-14(19)17(10)26-9-15(20)21)11(2)24-18(25)12-4-5-23-16(8-12)22-3;1-4(2)3-5/h4-8,11,15H,9H2,1-3H3,(H,22,23)(H,24,25);3-4H,1-2H3. The van der Waals surface area contributed by atoms with Crippen LogP contribution in [-0.4, -0.2) is 37.3 Å². The van der Waals surface area contributed by atoms with Gasteiger partial charge in [0.15, 0.2) is 0 Å². The summed E-state index contributed by atoms with van der Waals surface area (Å²) in [6.07, 6.45) is -0.118. The SMILES string of the molecule is CC(C)C=O.CNc1cc(C(=O)NC(C)c2cc(C)c(OCC(F)F)c(Cl)c2)ccn1. The van der Waals surface area contributed by atoms with Crippen LogP contribution in [-0.2, 0) is 4.79 Å². The van der Waals surface area contributed by atoms with Crippen LogP contribution < -0.4 is 15.4 Å². The van der Waals surface area contributed by atoms with Gasteiger partial charge >= 0.3 is 0 Å². The molecule has 1 amide bonds. The van der Waals surface area contributed by atoms with E-state index in [1.165, 1.54) is 0 Å². The van der Waals surface area contributed by atoms with E-state index in [1.54, 1.807) is 44.4 Å². The van der Waals surface area contributed by atoms with E-state index in [1.807, 2.05) is 20.8 Å². The summed E-state index contributed by atoms with van der Waals surface area (Å²) in [4.78, 5) is 26.0. The Balaban J connectivity index is 0.000000861. The highest BCUT2D eigenvalue weighted by Gasteiger charge is 2.16. The normalized spacial score (nSPS) is 11.4. The number of hydrogen-bond donors (Lipinski definition) is 2. The van der Waals surface area contributed by atoms with E-state index in [0.29, 0.717) is 16.9 Å². The maximum Gasteiger partial charge on any atom is 0.272 e. The highest BCUT2D eigenvalue weighted by atomic mass is 35.5. The molecule has 0 aliphatic heterocycles. The lowest BCUT2D eigenvalue weighted by molar-refractivity contribution is -0.110. The Kier molecular flexibility index (Phi) is 10.9. The van der Waals surface area contributed by atoms with Crippen LogP contribution in [0.3, 0.4) is 0 Å². The predicted molar refractivity (Wildman–Crippen MR) is 118 cm³/mol. The molecule has 31 heavy (non-hydrogen) atoms. The van der Waals surface area contributed by atoms with E-state index in [-0.39, 0.29) is 28.6 Å². The topological polar surface area (TPSA) is 80.3 Å². The molecule has 0 bridgehead atoms. The van der Waals surface area contributed by atoms with Crippen molar-refractivity contribution < 1.29 is 23.1 Å². The number of carbonyl (C=O) groups is 2. The Labute approximate surface area is 186 Å². The van der Waals surface area contributed by atoms with Crippen LogP contribution in [0, 0.1) is 12.8 Å². The van der Waals surface area contributed by atoms with E-state index in [4.69, 9.17) is 16.3 Å². The van der Waals surface area contributed by atoms with Gasteiger partial charge in [0.2, 0.25) is 0 Å². The Morgan fingerprint density at radius 2 is 1.90 bits per heavy atom. The number of ether oxygens (including phenoxy) is 1. The van der Waals surface area contributed by atoms with Crippen molar-refractivity contribution in [3.05, 3.63) is 52.2 Å². The predicted octanol–water partition coefficient (Wildman–Crippen LogP) is 5.06. The highest BCUT2D eigenvalue weighted by molar-refractivity contribution is 6.32. The smallest absolute Gasteiger partial charge is 0.272 e. The molecule has 1 aromatic carbocycles. The summed E-state index contributed by atoms with van der Waals surface area (Å²) in [5, 5.41) is 5.97. The van der Waals surface area contributed by atoms with Crippen LogP contribution in [0.1, 0.15) is 48.3 Å². The molecule has 0 aliphatic rings. The molecule has 0 aliphatic carbocycles. The van der Waals surface area contributed by atoms with Gasteiger partial charge in [-0.3, -0.25) is 4.79 Å². The fourth-order valence-corrected chi connectivity index (χ4v) is 2.74. The second kappa shape index (κ2) is 12.8. The Morgan fingerprint density at radius 3 is 2.42 bits per heavy atom. The number of aromatic nitrogens is 1. The number of pyridine rings is 1. The van der Waals surface area contributed by atoms with Crippen molar-refractivity contribution in [1.29, 1.82) is 0 Å². The van der Waals surface area contributed by atoms with Crippen LogP contribution >= 0.6 is 11.6 Å². The summed E-state index contributed by atoms with van der Waals surface area (Å²) in [5.74, 6) is 0.755. The number of alkyl halides is 2. The Bertz CT molecular complexity index is 856. The van der Waals surface area contributed by atoms with Crippen LogP contribution in [0.4, 0.5) is 14.6 Å². The monoisotopic (exact) mass is 455 g/mol. The lowest BCUT2D eigenvalue weighted by Gasteiger charge is -2.18. The molecule has 0 spiro atoms. The van der Waals surface area contributed by atoms with Gasteiger partial charge in [-0.05, 0) is 43.2 Å². The lowest BCUT2D eigenvalue weighted by atomic mass is 10.0. The second-order valence-corrected chi connectivity index (χ2v) is 7.51. The average molecular weight is 456 g/mol. The van der Waals surface area contributed by atoms with Gasteiger partial charge in [-0.1, -0.05) is 31.5 Å². The van der Waals surface area contributed by atoms with E-state index in [2.05, 4.69) is 15.6 Å². The summed E-state index contributed by atoms with van der Waals surface area (Å²) in [7, 11) is 1.72. The number of nitrogens with zero attached hydrogens (tertiary/aromatic N) is 1. The summed E-state index contributed by atoms with van der Waals surface area (Å²) >= 11 is 6.16. The van der Waals surface area contributed by atoms with E-state index in [0.717, 1.165) is 11.8 Å². The third-order valence-corrected chi connectivity index (χ3v) is 4.28. The summed E-state index contributed by atoms with van der Waals surface area (Å²) in [6.45, 7) is 6.51. The number of rotatable bonds is 8. The third kappa shape index (κ3) is 8.88. The van der Waals surface area contributed by atoms with Gasteiger partial charge in [0.25, 0.3) is 12.3 Å². The number of hydrogen-bond acceptors (Lipinski definition) is 5. The zero-order valence-electron chi connectivity index (χ0n) is 18.2. The van der Waals surface area contributed by atoms with Gasteiger partial charge in [0.1, 0.15) is 24.5 Å². The Morgan fingerprint density at radius 1 is 1.26 bits per heavy atom. The number of nitrogens with one attached hydrogen (secondary N) is 2. The fraction of sp³-hybridized carbons (Fsp3) is 0.409. The minimum absolute atomic E-state index is 0.204. The fourth-order valence-electron chi connectivity index (χ4n) is 2.41. The zero-order valence-corrected chi connectivity index (χ0v) is 19.0. The maximum absolute atomic E-state index is 12.4. The maximum atomic E-state index is 12.4. The van der Waals surface area contributed by atoms with Crippen molar-refractivity contribution in [2.45, 2.75) is 40.2 Å². The molecule has 1 heterocycles. The van der Waals surface area contributed by atoms with Crippen molar-refractivity contribution in [1.82, 2.24) is 10.3 Å². The second-order valence-electron chi connectivity index (χ2n) is 7.11. The first-order valence-electron chi connectivity index (χ1n) is 9.69. The minimum atomic E-state index is -2.58. The molecule has 6 nitrogen and oxygen atoms in total. The van der Waals surface area contributed by atoms with Gasteiger partial charge in [-0.15, -0.1) is 0 Å². The van der Waals surface area contributed by atoms with Crippen LogP contribution in [0.15, 0.2) is 30.5 Å². The molecule has 0 radical (unpaired) electrons. The molecule has 1 atom stereocenters. The number of halogens is 3. The van der Waals surface area contributed by atoms with Crippen molar-refractivity contribution in [3.63, 3.8) is 0 Å². The average Bonchev–Trinajstić information content (AvgIpc) is 2.73. The highest BCUT2D eigenvalue weighted by Crippen LogP contribution is 2.32. The molecule has 170 valence electrons. The summed E-state index contributed by atoms with van der Waals surface area (Å²) < 4.78 is 29.7. The first-order valence-corrected chi connectivity index (χ1v) is 10.1.